The van der Waals surface area contributed by atoms with Crippen LogP contribution in [0.2, 0.25) is 0 Å². The van der Waals surface area contributed by atoms with Gasteiger partial charge in [0.05, 0.1) is 0 Å². The molecule has 3 heteroatoms. The van der Waals surface area contributed by atoms with Crippen molar-refractivity contribution in [2.45, 2.75) is 40.2 Å². The summed E-state index contributed by atoms with van der Waals surface area (Å²) >= 11 is 0. The van der Waals surface area contributed by atoms with Crippen molar-refractivity contribution in [2.24, 2.45) is 11.3 Å². The van der Waals surface area contributed by atoms with Crippen molar-refractivity contribution in [3.8, 4) is 0 Å². The highest BCUT2D eigenvalue weighted by Crippen LogP contribution is 2.23. The summed E-state index contributed by atoms with van der Waals surface area (Å²) in [4.78, 5) is 4.97. The molecule has 0 saturated carbocycles. The minimum Gasteiger partial charge on any atom is -0.314 e. The Hall–Kier alpha value is -0.120. The van der Waals surface area contributed by atoms with E-state index in [4.69, 9.17) is 0 Å². The highest BCUT2D eigenvalue weighted by atomic mass is 15.2. The first-order valence-corrected chi connectivity index (χ1v) is 7.45. The first-order chi connectivity index (χ1) is 8.35. The first-order valence-electron chi connectivity index (χ1n) is 7.45. The van der Waals surface area contributed by atoms with Crippen LogP contribution in [0.3, 0.4) is 0 Å². The van der Waals surface area contributed by atoms with Crippen molar-refractivity contribution in [2.75, 3.05) is 46.8 Å². The molecule has 0 aliphatic carbocycles. The molecule has 0 amide bonds. The van der Waals surface area contributed by atoms with Gasteiger partial charge in [-0.15, -0.1) is 0 Å². The lowest BCUT2D eigenvalue weighted by Gasteiger charge is -2.36. The van der Waals surface area contributed by atoms with Crippen LogP contribution in [0, 0.1) is 11.3 Å². The molecule has 0 aromatic rings. The topological polar surface area (TPSA) is 18.5 Å². The molecule has 1 fully saturated rings. The minimum atomic E-state index is 0.329. The van der Waals surface area contributed by atoms with Gasteiger partial charge in [-0.05, 0) is 51.9 Å². The number of hydrogen-bond acceptors (Lipinski definition) is 3. The molecule has 0 aromatic carbocycles. The van der Waals surface area contributed by atoms with Crippen molar-refractivity contribution >= 4 is 0 Å². The van der Waals surface area contributed by atoms with Crippen molar-refractivity contribution in [1.82, 2.24) is 15.1 Å². The number of likely N-dealkylation sites (tertiary alicyclic amines) is 1. The van der Waals surface area contributed by atoms with Gasteiger partial charge < -0.3 is 15.1 Å². The number of nitrogens with zero attached hydrogens (tertiary/aromatic N) is 2. The molecule has 2 unspecified atom stereocenters. The van der Waals surface area contributed by atoms with E-state index in [0.29, 0.717) is 11.5 Å². The molecule has 0 aromatic heterocycles. The van der Waals surface area contributed by atoms with Crippen molar-refractivity contribution in [1.29, 1.82) is 0 Å². The van der Waals surface area contributed by atoms with Gasteiger partial charge in [0.1, 0.15) is 0 Å². The van der Waals surface area contributed by atoms with Gasteiger partial charge in [-0.2, -0.15) is 0 Å². The van der Waals surface area contributed by atoms with E-state index in [0.717, 1.165) is 12.5 Å². The van der Waals surface area contributed by atoms with Crippen molar-refractivity contribution in [3.05, 3.63) is 0 Å². The van der Waals surface area contributed by atoms with E-state index in [-0.39, 0.29) is 0 Å². The molecule has 1 aliphatic rings. The number of hydrogen-bond donors (Lipinski definition) is 1. The summed E-state index contributed by atoms with van der Waals surface area (Å²) in [6.07, 6.45) is 1.37. The average Bonchev–Trinajstić information content (AvgIpc) is 2.63. The Labute approximate surface area is 114 Å². The summed E-state index contributed by atoms with van der Waals surface area (Å²) in [5.41, 5.74) is 0.329. The van der Waals surface area contributed by atoms with E-state index >= 15 is 0 Å². The van der Waals surface area contributed by atoms with Gasteiger partial charge in [0.2, 0.25) is 0 Å². The van der Waals surface area contributed by atoms with Crippen LogP contribution in [0.4, 0.5) is 0 Å². The summed E-state index contributed by atoms with van der Waals surface area (Å²) in [5, 5.41) is 3.56. The molecule has 0 bridgehead atoms. The van der Waals surface area contributed by atoms with Crippen LogP contribution in [0.15, 0.2) is 0 Å². The summed E-state index contributed by atoms with van der Waals surface area (Å²) in [5.74, 6) is 0.866. The Morgan fingerprint density at radius 1 is 1.44 bits per heavy atom. The third-order valence-electron chi connectivity index (χ3n) is 4.42. The van der Waals surface area contributed by atoms with Gasteiger partial charge in [-0.3, -0.25) is 0 Å². The fraction of sp³-hybridized carbons (Fsp3) is 1.00. The summed E-state index contributed by atoms with van der Waals surface area (Å²) in [6.45, 7) is 15.2. The van der Waals surface area contributed by atoms with Crippen LogP contribution in [0.5, 0.6) is 0 Å². The maximum atomic E-state index is 3.56. The van der Waals surface area contributed by atoms with Crippen LogP contribution in [-0.2, 0) is 0 Å². The molecule has 1 saturated heterocycles. The lowest BCUT2D eigenvalue weighted by atomic mass is 9.84. The third kappa shape index (κ3) is 4.87. The van der Waals surface area contributed by atoms with Gasteiger partial charge in [-0.25, -0.2) is 0 Å². The largest absolute Gasteiger partial charge is 0.314 e. The van der Waals surface area contributed by atoms with Crippen LogP contribution in [0.1, 0.15) is 34.1 Å². The highest BCUT2D eigenvalue weighted by molar-refractivity contribution is 4.84. The van der Waals surface area contributed by atoms with E-state index in [2.05, 4.69) is 56.9 Å². The summed E-state index contributed by atoms with van der Waals surface area (Å²) in [6, 6.07) is 0.566. The zero-order chi connectivity index (χ0) is 13.8. The van der Waals surface area contributed by atoms with E-state index in [9.17, 15) is 0 Å². The molecule has 1 rings (SSSR count). The van der Waals surface area contributed by atoms with Gasteiger partial charge in [0, 0.05) is 25.7 Å². The SMILES string of the molecule is CCNC(C)C(C)(C)CN(C)CC1CCN(C)C1. The van der Waals surface area contributed by atoms with Gasteiger partial charge >= 0.3 is 0 Å². The third-order valence-corrected chi connectivity index (χ3v) is 4.42. The number of rotatable bonds is 7. The molecule has 18 heavy (non-hydrogen) atoms. The highest BCUT2D eigenvalue weighted by Gasteiger charge is 2.28. The fourth-order valence-corrected chi connectivity index (χ4v) is 3.10. The lowest BCUT2D eigenvalue weighted by Crippen LogP contribution is -2.46. The predicted molar refractivity (Wildman–Crippen MR) is 80.0 cm³/mol. The van der Waals surface area contributed by atoms with E-state index in [1.807, 2.05) is 0 Å². The fourth-order valence-electron chi connectivity index (χ4n) is 3.10. The first kappa shape index (κ1) is 15.9. The normalized spacial score (nSPS) is 23.8. The second kappa shape index (κ2) is 6.88. The Morgan fingerprint density at radius 2 is 2.11 bits per heavy atom. The monoisotopic (exact) mass is 255 g/mol. The van der Waals surface area contributed by atoms with Gasteiger partial charge in [-0.1, -0.05) is 20.8 Å². The summed E-state index contributed by atoms with van der Waals surface area (Å²) in [7, 11) is 4.51. The Kier molecular flexibility index (Phi) is 6.09. The molecule has 0 radical (unpaired) electrons. The molecule has 3 nitrogen and oxygen atoms in total. The maximum absolute atomic E-state index is 3.56. The average molecular weight is 255 g/mol. The molecule has 2 atom stereocenters. The molecule has 0 spiro atoms. The molecular weight excluding hydrogens is 222 g/mol. The van der Waals surface area contributed by atoms with Gasteiger partial charge in [0.15, 0.2) is 0 Å². The summed E-state index contributed by atoms with van der Waals surface area (Å²) < 4.78 is 0. The Bertz CT molecular complexity index is 240. The Balaban J connectivity index is 2.36. The maximum Gasteiger partial charge on any atom is 0.0102 e. The quantitative estimate of drug-likeness (QED) is 0.749. The van der Waals surface area contributed by atoms with Crippen LogP contribution in [-0.4, -0.2) is 62.7 Å². The molecule has 1 heterocycles. The zero-order valence-corrected chi connectivity index (χ0v) is 13.3. The van der Waals surface area contributed by atoms with E-state index in [1.165, 1.54) is 32.6 Å². The van der Waals surface area contributed by atoms with Crippen LogP contribution < -0.4 is 5.32 Å². The lowest BCUT2D eigenvalue weighted by molar-refractivity contribution is 0.151. The zero-order valence-electron chi connectivity index (χ0n) is 13.3. The number of nitrogens with one attached hydrogen (secondary N) is 1. The molecule has 108 valence electrons. The van der Waals surface area contributed by atoms with Gasteiger partial charge in [0.25, 0.3) is 0 Å². The standard InChI is InChI=1S/C15H33N3/c1-7-16-13(2)15(3,4)12-18(6)11-14-8-9-17(5)10-14/h13-14,16H,7-12H2,1-6H3. The molecule has 1 aliphatic heterocycles. The van der Waals surface area contributed by atoms with Crippen LogP contribution in [0.25, 0.3) is 0 Å². The van der Waals surface area contributed by atoms with E-state index in [1.54, 1.807) is 0 Å². The van der Waals surface area contributed by atoms with E-state index < -0.39 is 0 Å². The minimum absolute atomic E-state index is 0.329. The molecular formula is C15H33N3. The van der Waals surface area contributed by atoms with Crippen molar-refractivity contribution in [3.63, 3.8) is 0 Å². The second-order valence-corrected chi connectivity index (χ2v) is 6.88. The predicted octanol–water partition coefficient (Wildman–Crippen LogP) is 1.89. The second-order valence-electron chi connectivity index (χ2n) is 6.88. The van der Waals surface area contributed by atoms with Crippen molar-refractivity contribution < 1.29 is 0 Å². The smallest absolute Gasteiger partial charge is 0.0102 e. The molecule has 1 N–H and O–H groups in total. The van der Waals surface area contributed by atoms with Crippen LogP contribution >= 0.6 is 0 Å². The Morgan fingerprint density at radius 3 is 2.61 bits per heavy atom.